The summed E-state index contributed by atoms with van der Waals surface area (Å²) in [5.74, 6) is -0.548. The first kappa shape index (κ1) is 15.4. The number of ether oxygens (including phenoxy) is 1. The van der Waals surface area contributed by atoms with Gasteiger partial charge in [-0.15, -0.1) is 11.3 Å². The zero-order chi connectivity index (χ0) is 16.7. The molecule has 24 heavy (non-hydrogen) atoms. The summed E-state index contributed by atoms with van der Waals surface area (Å²) in [4.78, 5) is 28.4. The monoisotopic (exact) mass is 341 g/mol. The molecule has 4 rings (SSSR count). The van der Waals surface area contributed by atoms with E-state index in [1.165, 1.54) is 33.8 Å². The molecule has 124 valence electrons. The van der Waals surface area contributed by atoms with Crippen molar-refractivity contribution >= 4 is 28.9 Å². The number of rotatable bonds is 3. The Kier molecular flexibility index (Phi) is 3.88. The van der Waals surface area contributed by atoms with E-state index in [-0.39, 0.29) is 24.5 Å². The number of carbonyl (C=O) groups excluding carboxylic acids is 2. The summed E-state index contributed by atoms with van der Waals surface area (Å²) in [6.07, 6.45) is 4.10. The van der Waals surface area contributed by atoms with Crippen LogP contribution >= 0.6 is 11.3 Å². The van der Waals surface area contributed by atoms with Gasteiger partial charge in [0, 0.05) is 16.6 Å². The highest BCUT2D eigenvalue weighted by molar-refractivity contribution is 7.14. The van der Waals surface area contributed by atoms with Gasteiger partial charge in [0.1, 0.15) is 4.88 Å². The lowest BCUT2D eigenvalue weighted by atomic mass is 10.1. The molecule has 1 aliphatic heterocycles. The van der Waals surface area contributed by atoms with Gasteiger partial charge in [-0.2, -0.15) is 0 Å². The van der Waals surface area contributed by atoms with Crippen LogP contribution in [0.25, 0.3) is 0 Å². The molecule has 1 unspecified atom stereocenters. The quantitative estimate of drug-likeness (QED) is 0.804. The molecular formula is C19H19NO3S. The normalized spacial score (nSPS) is 18.4. The summed E-state index contributed by atoms with van der Waals surface area (Å²) in [6, 6.07) is 9.92. The number of benzene rings is 1. The van der Waals surface area contributed by atoms with Crippen molar-refractivity contribution in [1.29, 1.82) is 0 Å². The first-order valence-corrected chi connectivity index (χ1v) is 9.14. The number of fused-ring (bicyclic) bond motifs is 2. The zero-order valence-electron chi connectivity index (χ0n) is 13.6. The fourth-order valence-corrected chi connectivity index (χ4v) is 4.79. The second-order valence-electron chi connectivity index (χ2n) is 6.43. The van der Waals surface area contributed by atoms with Crippen LogP contribution in [-0.2, 0) is 28.8 Å². The van der Waals surface area contributed by atoms with Gasteiger partial charge in [-0.3, -0.25) is 4.79 Å². The number of carbonyl (C=O) groups is 2. The molecule has 1 aromatic carbocycles. The molecule has 2 heterocycles. The predicted octanol–water partition coefficient (Wildman–Crippen LogP) is 3.37. The highest BCUT2D eigenvalue weighted by Gasteiger charge is 2.31. The summed E-state index contributed by atoms with van der Waals surface area (Å²) >= 11 is 1.50. The van der Waals surface area contributed by atoms with Crippen LogP contribution in [0.15, 0.2) is 30.3 Å². The van der Waals surface area contributed by atoms with E-state index in [9.17, 15) is 9.59 Å². The summed E-state index contributed by atoms with van der Waals surface area (Å²) in [5, 5.41) is 0. The minimum atomic E-state index is -0.386. The van der Waals surface area contributed by atoms with Crippen LogP contribution in [0, 0.1) is 0 Å². The van der Waals surface area contributed by atoms with Crippen LogP contribution in [0.3, 0.4) is 0 Å². The summed E-state index contributed by atoms with van der Waals surface area (Å²) < 4.78 is 5.28. The maximum absolute atomic E-state index is 12.5. The minimum absolute atomic E-state index is 0.0964. The number of amides is 1. The molecule has 2 aliphatic rings. The maximum Gasteiger partial charge on any atom is 0.348 e. The fourth-order valence-electron chi connectivity index (χ4n) is 3.64. The van der Waals surface area contributed by atoms with E-state index < -0.39 is 0 Å². The van der Waals surface area contributed by atoms with Gasteiger partial charge in [0.15, 0.2) is 6.61 Å². The van der Waals surface area contributed by atoms with Crippen LogP contribution in [-0.4, -0.2) is 24.5 Å². The molecule has 4 nitrogen and oxygen atoms in total. The first-order valence-electron chi connectivity index (χ1n) is 8.32. The lowest BCUT2D eigenvalue weighted by Crippen LogP contribution is -2.38. The topological polar surface area (TPSA) is 46.6 Å². The molecular weight excluding hydrogens is 322 g/mol. The van der Waals surface area contributed by atoms with E-state index in [4.69, 9.17) is 4.74 Å². The molecule has 0 radical (unpaired) electrons. The van der Waals surface area contributed by atoms with Crippen molar-refractivity contribution in [2.24, 2.45) is 0 Å². The molecule has 0 fully saturated rings. The Morgan fingerprint density at radius 3 is 2.92 bits per heavy atom. The Hall–Kier alpha value is -2.14. The second-order valence-corrected chi connectivity index (χ2v) is 7.57. The lowest BCUT2D eigenvalue weighted by Gasteiger charge is -2.22. The van der Waals surface area contributed by atoms with Crippen molar-refractivity contribution in [2.75, 3.05) is 11.5 Å². The molecule has 0 bridgehead atoms. The number of anilines is 1. The van der Waals surface area contributed by atoms with E-state index in [0.717, 1.165) is 24.9 Å². The van der Waals surface area contributed by atoms with E-state index in [1.54, 1.807) is 4.90 Å². The summed E-state index contributed by atoms with van der Waals surface area (Å²) in [7, 11) is 0. The number of hydrogen-bond donors (Lipinski definition) is 0. The minimum Gasteiger partial charge on any atom is -0.451 e. The molecule has 1 aliphatic carbocycles. The molecule has 0 saturated heterocycles. The molecule has 0 N–H and O–H groups in total. The highest BCUT2D eigenvalue weighted by atomic mass is 32.1. The van der Waals surface area contributed by atoms with E-state index in [1.807, 2.05) is 37.3 Å². The van der Waals surface area contributed by atoms with E-state index >= 15 is 0 Å². The average molecular weight is 341 g/mol. The number of hydrogen-bond acceptors (Lipinski definition) is 4. The van der Waals surface area contributed by atoms with Gasteiger partial charge in [0.05, 0.1) is 0 Å². The Balaban J connectivity index is 1.42. The number of aryl methyl sites for hydroxylation is 2. The van der Waals surface area contributed by atoms with Crippen LogP contribution in [0.5, 0.6) is 0 Å². The van der Waals surface area contributed by atoms with Crippen LogP contribution < -0.4 is 4.90 Å². The molecule has 1 atom stereocenters. The van der Waals surface area contributed by atoms with Crippen LogP contribution in [0.2, 0.25) is 0 Å². The number of para-hydroxylation sites is 1. The van der Waals surface area contributed by atoms with Crippen molar-refractivity contribution in [3.05, 3.63) is 51.2 Å². The smallest absolute Gasteiger partial charge is 0.348 e. The molecule has 0 saturated carbocycles. The summed E-state index contributed by atoms with van der Waals surface area (Å²) in [6.45, 7) is 1.81. The standard InChI is InChI=1S/C19H19NO3S/c1-12-9-13-5-2-3-7-15(13)20(12)18(21)11-23-19(22)17-10-14-6-4-8-16(14)24-17/h2-3,5,7,10,12H,4,6,8-9,11H2,1H3. The largest absolute Gasteiger partial charge is 0.451 e. The van der Waals surface area contributed by atoms with Crippen molar-refractivity contribution in [1.82, 2.24) is 0 Å². The third kappa shape index (κ3) is 2.63. The third-order valence-electron chi connectivity index (χ3n) is 4.75. The molecule has 1 amide bonds. The Labute approximate surface area is 145 Å². The lowest BCUT2D eigenvalue weighted by molar-refractivity contribution is -0.122. The molecule has 0 spiro atoms. The van der Waals surface area contributed by atoms with Crippen molar-refractivity contribution in [3.8, 4) is 0 Å². The Morgan fingerprint density at radius 1 is 1.25 bits per heavy atom. The SMILES string of the molecule is CC1Cc2ccccc2N1C(=O)COC(=O)c1cc2c(s1)CCC2. The van der Waals surface area contributed by atoms with E-state index in [2.05, 4.69) is 0 Å². The number of nitrogens with zero attached hydrogens (tertiary/aromatic N) is 1. The van der Waals surface area contributed by atoms with E-state index in [0.29, 0.717) is 4.88 Å². The Bertz CT molecular complexity index is 789. The van der Waals surface area contributed by atoms with Gasteiger partial charge in [-0.25, -0.2) is 4.79 Å². The molecule has 1 aromatic heterocycles. The Morgan fingerprint density at radius 2 is 2.08 bits per heavy atom. The van der Waals surface area contributed by atoms with Gasteiger partial charge in [-0.05, 0) is 55.9 Å². The number of esters is 1. The van der Waals surface area contributed by atoms with Gasteiger partial charge in [0.2, 0.25) is 0 Å². The predicted molar refractivity (Wildman–Crippen MR) is 93.7 cm³/mol. The highest BCUT2D eigenvalue weighted by Crippen LogP contribution is 2.32. The first-order chi connectivity index (χ1) is 11.6. The average Bonchev–Trinajstić information content (AvgIpc) is 3.23. The third-order valence-corrected chi connectivity index (χ3v) is 5.97. The second kappa shape index (κ2) is 6.06. The zero-order valence-corrected chi connectivity index (χ0v) is 14.4. The van der Waals surface area contributed by atoms with Crippen LogP contribution in [0.1, 0.15) is 39.0 Å². The molecule has 5 heteroatoms. The molecule has 2 aromatic rings. The maximum atomic E-state index is 12.5. The number of thiophene rings is 1. The van der Waals surface area contributed by atoms with Gasteiger partial charge < -0.3 is 9.64 Å². The van der Waals surface area contributed by atoms with Gasteiger partial charge >= 0.3 is 5.97 Å². The van der Waals surface area contributed by atoms with Crippen molar-refractivity contribution in [2.45, 2.75) is 38.6 Å². The van der Waals surface area contributed by atoms with Gasteiger partial charge in [0.25, 0.3) is 5.91 Å². The van der Waals surface area contributed by atoms with Crippen molar-refractivity contribution < 1.29 is 14.3 Å². The fraction of sp³-hybridized carbons (Fsp3) is 0.368. The van der Waals surface area contributed by atoms with Crippen molar-refractivity contribution in [3.63, 3.8) is 0 Å². The van der Waals surface area contributed by atoms with Crippen LogP contribution in [0.4, 0.5) is 5.69 Å². The summed E-state index contributed by atoms with van der Waals surface area (Å²) in [5.41, 5.74) is 3.36. The van der Waals surface area contributed by atoms with Gasteiger partial charge in [-0.1, -0.05) is 18.2 Å².